The van der Waals surface area contributed by atoms with Gasteiger partial charge in [0.25, 0.3) is 0 Å². The minimum absolute atomic E-state index is 0.0156. The summed E-state index contributed by atoms with van der Waals surface area (Å²) in [4.78, 5) is 12.5. The summed E-state index contributed by atoms with van der Waals surface area (Å²) in [5.74, 6) is 0.0204. The summed E-state index contributed by atoms with van der Waals surface area (Å²) in [6.07, 6.45) is 0.973. The molecule has 0 saturated carbocycles. The zero-order chi connectivity index (χ0) is 22.5. The standard InChI is InChI=1S/C19H25N3O6S2/c1-5-28-17-8-6-7-15(13-17)20-19(23)14-22(29(4,24)25)16-9-11-18(12-10-16)30(26,27)21(2)3/h6-13H,5,14H2,1-4H3,(H,20,23). The molecule has 0 spiro atoms. The van der Waals surface area contributed by atoms with Crippen LogP contribution in [0.3, 0.4) is 0 Å². The first-order valence-corrected chi connectivity index (χ1v) is 12.3. The van der Waals surface area contributed by atoms with Gasteiger partial charge in [-0.1, -0.05) is 6.07 Å². The number of carbonyl (C=O) groups excluding carboxylic acids is 1. The van der Waals surface area contributed by atoms with E-state index >= 15 is 0 Å². The molecule has 0 atom stereocenters. The van der Waals surface area contributed by atoms with Crippen LogP contribution in [0.5, 0.6) is 5.75 Å². The molecule has 9 nitrogen and oxygen atoms in total. The molecular weight excluding hydrogens is 430 g/mol. The van der Waals surface area contributed by atoms with E-state index in [1.54, 1.807) is 24.3 Å². The third kappa shape index (κ3) is 5.94. The first-order chi connectivity index (χ1) is 13.9. The van der Waals surface area contributed by atoms with Crippen LogP contribution in [0.1, 0.15) is 6.92 Å². The summed E-state index contributed by atoms with van der Waals surface area (Å²) in [5.41, 5.74) is 0.639. The molecule has 2 aromatic rings. The van der Waals surface area contributed by atoms with Crippen molar-refractivity contribution in [3.05, 3.63) is 48.5 Å². The van der Waals surface area contributed by atoms with Gasteiger partial charge in [-0.25, -0.2) is 21.1 Å². The van der Waals surface area contributed by atoms with Gasteiger partial charge in [0, 0.05) is 25.8 Å². The molecule has 0 aromatic heterocycles. The van der Waals surface area contributed by atoms with E-state index in [1.165, 1.54) is 38.4 Å². The van der Waals surface area contributed by atoms with Crippen molar-refractivity contribution < 1.29 is 26.4 Å². The Morgan fingerprint density at radius 3 is 2.20 bits per heavy atom. The van der Waals surface area contributed by atoms with Gasteiger partial charge >= 0.3 is 0 Å². The van der Waals surface area contributed by atoms with Crippen LogP contribution in [-0.2, 0) is 24.8 Å². The van der Waals surface area contributed by atoms with E-state index in [-0.39, 0.29) is 10.6 Å². The Balaban J connectivity index is 2.23. The first-order valence-electron chi connectivity index (χ1n) is 8.98. The SMILES string of the molecule is CCOc1cccc(NC(=O)CN(c2ccc(S(=O)(=O)N(C)C)cc2)S(C)(=O)=O)c1. The molecule has 0 bridgehead atoms. The number of nitrogens with one attached hydrogen (secondary N) is 1. The summed E-state index contributed by atoms with van der Waals surface area (Å²) in [7, 11) is -4.65. The molecule has 0 saturated heterocycles. The maximum absolute atomic E-state index is 12.5. The van der Waals surface area contributed by atoms with Crippen molar-refractivity contribution in [2.45, 2.75) is 11.8 Å². The highest BCUT2D eigenvalue weighted by molar-refractivity contribution is 7.92. The van der Waals surface area contributed by atoms with Crippen LogP contribution in [0, 0.1) is 0 Å². The van der Waals surface area contributed by atoms with Gasteiger partial charge in [0.2, 0.25) is 26.0 Å². The molecule has 0 unspecified atom stereocenters. The maximum atomic E-state index is 12.5. The Morgan fingerprint density at radius 1 is 1.03 bits per heavy atom. The van der Waals surface area contributed by atoms with Crippen LogP contribution in [0.2, 0.25) is 0 Å². The Kier molecular flexibility index (Phi) is 7.45. The summed E-state index contributed by atoms with van der Waals surface area (Å²) in [6.45, 7) is 1.83. The quantitative estimate of drug-likeness (QED) is 0.616. The fourth-order valence-electron chi connectivity index (χ4n) is 2.56. The van der Waals surface area contributed by atoms with E-state index in [1.807, 2.05) is 6.92 Å². The van der Waals surface area contributed by atoms with Gasteiger partial charge < -0.3 is 10.1 Å². The predicted molar refractivity (Wildman–Crippen MR) is 116 cm³/mol. The molecule has 0 aliphatic rings. The van der Waals surface area contributed by atoms with E-state index in [9.17, 15) is 21.6 Å². The Hall–Kier alpha value is -2.63. The van der Waals surface area contributed by atoms with Crippen LogP contribution in [0.4, 0.5) is 11.4 Å². The van der Waals surface area contributed by atoms with Crippen LogP contribution < -0.4 is 14.4 Å². The molecule has 0 fully saturated rings. The number of carbonyl (C=O) groups is 1. The van der Waals surface area contributed by atoms with Crippen LogP contribution >= 0.6 is 0 Å². The zero-order valence-electron chi connectivity index (χ0n) is 17.2. The molecule has 30 heavy (non-hydrogen) atoms. The van der Waals surface area contributed by atoms with E-state index < -0.39 is 32.5 Å². The van der Waals surface area contributed by atoms with Crippen molar-refractivity contribution in [1.82, 2.24) is 4.31 Å². The van der Waals surface area contributed by atoms with Gasteiger partial charge in [0.05, 0.1) is 23.4 Å². The van der Waals surface area contributed by atoms with Crippen molar-refractivity contribution >= 4 is 37.3 Å². The van der Waals surface area contributed by atoms with Crippen LogP contribution in [0.15, 0.2) is 53.4 Å². The monoisotopic (exact) mass is 455 g/mol. The number of hydrogen-bond donors (Lipinski definition) is 1. The van der Waals surface area contributed by atoms with Crippen molar-refractivity contribution in [3.8, 4) is 5.75 Å². The average Bonchev–Trinajstić information content (AvgIpc) is 2.66. The lowest BCUT2D eigenvalue weighted by Gasteiger charge is -2.22. The molecule has 0 aliphatic carbocycles. The van der Waals surface area contributed by atoms with E-state index in [0.29, 0.717) is 18.0 Å². The summed E-state index contributed by atoms with van der Waals surface area (Å²) in [6, 6.07) is 12.0. The molecule has 11 heteroatoms. The highest BCUT2D eigenvalue weighted by Crippen LogP contribution is 2.22. The zero-order valence-corrected chi connectivity index (χ0v) is 18.8. The number of benzene rings is 2. The fraction of sp³-hybridized carbons (Fsp3) is 0.316. The lowest BCUT2D eigenvalue weighted by molar-refractivity contribution is -0.114. The summed E-state index contributed by atoms with van der Waals surface area (Å²) < 4.78 is 56.2. The molecule has 2 aromatic carbocycles. The van der Waals surface area contributed by atoms with Crippen LogP contribution in [0.25, 0.3) is 0 Å². The summed E-state index contributed by atoms with van der Waals surface area (Å²) in [5, 5.41) is 2.64. The first kappa shape index (κ1) is 23.6. The Bertz CT molecular complexity index is 1100. The molecule has 0 heterocycles. The number of ether oxygens (including phenoxy) is 1. The van der Waals surface area contributed by atoms with Gasteiger partial charge in [0.1, 0.15) is 12.3 Å². The minimum Gasteiger partial charge on any atom is -0.494 e. The van der Waals surface area contributed by atoms with Crippen molar-refractivity contribution in [2.75, 3.05) is 43.1 Å². The topological polar surface area (TPSA) is 113 Å². The molecule has 2 rings (SSSR count). The molecule has 1 amide bonds. The van der Waals surface area contributed by atoms with Crippen molar-refractivity contribution in [2.24, 2.45) is 0 Å². The Morgan fingerprint density at radius 2 is 1.67 bits per heavy atom. The van der Waals surface area contributed by atoms with Crippen molar-refractivity contribution in [1.29, 1.82) is 0 Å². The van der Waals surface area contributed by atoms with E-state index in [2.05, 4.69) is 5.32 Å². The van der Waals surface area contributed by atoms with Gasteiger partial charge in [-0.2, -0.15) is 0 Å². The molecule has 1 N–H and O–H groups in total. The highest BCUT2D eigenvalue weighted by atomic mass is 32.2. The lowest BCUT2D eigenvalue weighted by atomic mass is 10.3. The van der Waals surface area contributed by atoms with Gasteiger partial charge in [-0.15, -0.1) is 0 Å². The van der Waals surface area contributed by atoms with Gasteiger partial charge in [-0.05, 0) is 43.3 Å². The smallest absolute Gasteiger partial charge is 0.245 e. The highest BCUT2D eigenvalue weighted by Gasteiger charge is 2.23. The van der Waals surface area contributed by atoms with Gasteiger partial charge in [-0.3, -0.25) is 9.10 Å². The fourth-order valence-corrected chi connectivity index (χ4v) is 4.31. The largest absolute Gasteiger partial charge is 0.494 e. The lowest BCUT2D eigenvalue weighted by Crippen LogP contribution is -2.37. The molecular formula is C19H25N3O6S2. The second kappa shape index (κ2) is 9.45. The number of sulfonamides is 2. The second-order valence-electron chi connectivity index (χ2n) is 6.56. The molecule has 0 aliphatic heterocycles. The number of nitrogens with zero attached hydrogens (tertiary/aromatic N) is 2. The predicted octanol–water partition coefficient (Wildman–Crippen LogP) is 1.74. The number of anilines is 2. The normalized spacial score (nSPS) is 11.9. The van der Waals surface area contributed by atoms with Crippen LogP contribution in [-0.4, -0.2) is 60.6 Å². The summed E-state index contributed by atoms with van der Waals surface area (Å²) >= 11 is 0. The van der Waals surface area contributed by atoms with E-state index in [0.717, 1.165) is 14.9 Å². The number of amides is 1. The minimum atomic E-state index is -3.80. The molecule has 164 valence electrons. The number of hydrogen-bond acceptors (Lipinski definition) is 6. The average molecular weight is 456 g/mol. The van der Waals surface area contributed by atoms with Gasteiger partial charge in [0.15, 0.2) is 0 Å². The number of rotatable bonds is 9. The Labute approximate surface area is 177 Å². The third-order valence-corrected chi connectivity index (χ3v) is 6.99. The molecule has 0 radical (unpaired) electrons. The second-order valence-corrected chi connectivity index (χ2v) is 10.6. The third-order valence-electron chi connectivity index (χ3n) is 4.02. The van der Waals surface area contributed by atoms with Crippen molar-refractivity contribution in [3.63, 3.8) is 0 Å². The van der Waals surface area contributed by atoms with E-state index in [4.69, 9.17) is 4.74 Å². The maximum Gasteiger partial charge on any atom is 0.245 e.